The average Bonchev–Trinajstić information content (AvgIpc) is 2.64. The summed E-state index contributed by atoms with van der Waals surface area (Å²) in [5, 5.41) is 0. The highest BCUT2D eigenvalue weighted by atomic mass is 79.9. The van der Waals surface area contributed by atoms with Gasteiger partial charge in [0.2, 0.25) is 10.0 Å². The van der Waals surface area contributed by atoms with Gasteiger partial charge >= 0.3 is 0 Å². The maximum Gasteiger partial charge on any atom is 0.243 e. The molecule has 0 aromatic heterocycles. The minimum atomic E-state index is -3.64. The van der Waals surface area contributed by atoms with Gasteiger partial charge in [0.15, 0.2) is 0 Å². The van der Waals surface area contributed by atoms with Gasteiger partial charge in [-0.3, -0.25) is 0 Å². The van der Waals surface area contributed by atoms with Gasteiger partial charge in [0.05, 0.1) is 5.69 Å². The van der Waals surface area contributed by atoms with Crippen LogP contribution in [0.4, 0.5) is 5.69 Å². The smallest absolute Gasteiger partial charge is 0.243 e. The Labute approximate surface area is 143 Å². The molecule has 0 bridgehead atoms. The van der Waals surface area contributed by atoms with Crippen LogP contribution in [0.25, 0.3) is 0 Å². The number of nitrogens with one attached hydrogen (secondary N) is 1. The molecule has 7 heteroatoms. The van der Waals surface area contributed by atoms with Crippen molar-refractivity contribution in [3.05, 3.63) is 21.1 Å². The molecule has 1 fully saturated rings. The summed E-state index contributed by atoms with van der Waals surface area (Å²) in [6.45, 7) is 9.07. The molecule has 0 radical (unpaired) electrons. The summed E-state index contributed by atoms with van der Waals surface area (Å²) >= 11 is 6.56. The van der Waals surface area contributed by atoms with Crippen molar-refractivity contribution in [2.45, 2.75) is 32.6 Å². The number of halogens is 2. The van der Waals surface area contributed by atoms with Crippen molar-refractivity contribution in [3.8, 4) is 0 Å². The lowest BCUT2D eigenvalue weighted by molar-refractivity contribution is 0.457. The van der Waals surface area contributed by atoms with Gasteiger partial charge in [-0.2, -0.15) is 0 Å². The van der Waals surface area contributed by atoms with Gasteiger partial charge in [-0.05, 0) is 44.8 Å². The Hall–Kier alpha value is -0.110. The molecule has 2 rings (SSSR count). The molecule has 21 heavy (non-hydrogen) atoms. The van der Waals surface area contributed by atoms with E-state index in [9.17, 15) is 8.42 Å². The van der Waals surface area contributed by atoms with Crippen molar-refractivity contribution in [3.63, 3.8) is 0 Å². The molecule has 0 atom stereocenters. The minimum Gasteiger partial charge on any atom is -0.398 e. The fourth-order valence-corrected chi connectivity index (χ4v) is 6.09. The molecule has 4 nitrogen and oxygen atoms in total. The van der Waals surface area contributed by atoms with Crippen molar-refractivity contribution in [2.24, 2.45) is 16.7 Å². The van der Waals surface area contributed by atoms with Crippen molar-refractivity contribution in [1.82, 2.24) is 4.72 Å². The number of nitrogens with two attached hydrogens (primary N) is 1. The Bertz CT molecular complexity index is 647. The average molecular weight is 440 g/mol. The van der Waals surface area contributed by atoms with Crippen LogP contribution in [0, 0.1) is 16.7 Å². The van der Waals surface area contributed by atoms with Crippen LogP contribution in [0.2, 0.25) is 0 Å². The number of nitrogen functional groups attached to an aromatic ring is 1. The third kappa shape index (κ3) is 2.90. The molecule has 1 aromatic rings. The Morgan fingerprint density at radius 3 is 2.14 bits per heavy atom. The topological polar surface area (TPSA) is 72.2 Å². The van der Waals surface area contributed by atoms with E-state index < -0.39 is 10.0 Å². The lowest BCUT2D eigenvalue weighted by Gasteiger charge is -2.12. The zero-order valence-corrected chi connectivity index (χ0v) is 16.5. The first-order valence-electron chi connectivity index (χ1n) is 6.65. The van der Waals surface area contributed by atoms with E-state index in [1.54, 1.807) is 12.1 Å². The van der Waals surface area contributed by atoms with Crippen molar-refractivity contribution >= 4 is 47.6 Å². The standard InChI is InChI=1S/C14H20Br2N2O2S/c1-13(2)11(14(13,3)4)7-18-21(19,20)12-9(16)5-8(15)6-10(12)17/h5-6,11,18H,7,17H2,1-4H3. The van der Waals surface area contributed by atoms with E-state index in [2.05, 4.69) is 64.3 Å². The van der Waals surface area contributed by atoms with E-state index >= 15 is 0 Å². The van der Waals surface area contributed by atoms with Crippen LogP contribution in [0.15, 0.2) is 26.0 Å². The van der Waals surface area contributed by atoms with Crippen molar-refractivity contribution in [2.75, 3.05) is 12.3 Å². The Morgan fingerprint density at radius 2 is 1.71 bits per heavy atom. The van der Waals surface area contributed by atoms with Crippen LogP contribution in [0.3, 0.4) is 0 Å². The lowest BCUT2D eigenvalue weighted by Crippen LogP contribution is -2.28. The summed E-state index contributed by atoms with van der Waals surface area (Å²) in [7, 11) is -3.64. The van der Waals surface area contributed by atoms with Crippen molar-refractivity contribution in [1.29, 1.82) is 0 Å². The molecule has 0 spiro atoms. The summed E-state index contributed by atoms with van der Waals surface area (Å²) in [5.74, 6) is 0.315. The Morgan fingerprint density at radius 1 is 1.19 bits per heavy atom. The maximum atomic E-state index is 12.5. The third-order valence-corrected chi connectivity index (χ3v) is 7.99. The minimum absolute atomic E-state index is 0.0990. The van der Waals surface area contributed by atoms with E-state index in [0.717, 1.165) is 4.47 Å². The van der Waals surface area contributed by atoms with Crippen LogP contribution >= 0.6 is 31.9 Å². The summed E-state index contributed by atoms with van der Waals surface area (Å²) in [4.78, 5) is 0.0990. The lowest BCUT2D eigenvalue weighted by atomic mass is 10.0. The molecule has 0 amide bonds. The molecule has 0 saturated heterocycles. The van der Waals surface area contributed by atoms with Gasteiger partial charge in [0, 0.05) is 15.5 Å². The molecule has 1 aromatic carbocycles. The fraction of sp³-hybridized carbons (Fsp3) is 0.571. The molecule has 1 saturated carbocycles. The van der Waals surface area contributed by atoms with Gasteiger partial charge in [0.25, 0.3) is 0 Å². The van der Waals surface area contributed by atoms with E-state index in [4.69, 9.17) is 5.73 Å². The molecule has 1 aliphatic rings. The molecule has 0 heterocycles. The first kappa shape index (κ1) is 17.2. The molecule has 1 aliphatic carbocycles. The molecule has 0 aliphatic heterocycles. The predicted octanol–water partition coefficient (Wildman–Crippen LogP) is 3.75. The maximum absolute atomic E-state index is 12.5. The second kappa shape index (κ2) is 5.22. The quantitative estimate of drug-likeness (QED) is 0.701. The molecular formula is C14H20Br2N2O2S. The Balaban J connectivity index is 2.22. The summed E-state index contributed by atoms with van der Waals surface area (Å²) < 4.78 is 28.9. The van der Waals surface area contributed by atoms with Crippen LogP contribution < -0.4 is 10.5 Å². The van der Waals surface area contributed by atoms with E-state index in [1.165, 1.54) is 0 Å². The van der Waals surface area contributed by atoms with E-state index in [1.807, 2.05) is 0 Å². The zero-order chi connectivity index (χ0) is 16.2. The van der Waals surface area contributed by atoms with Crippen molar-refractivity contribution < 1.29 is 8.42 Å². The second-order valence-corrected chi connectivity index (χ2v) is 10.1. The predicted molar refractivity (Wildman–Crippen MR) is 92.5 cm³/mol. The van der Waals surface area contributed by atoms with Gasteiger partial charge < -0.3 is 5.73 Å². The summed E-state index contributed by atoms with van der Waals surface area (Å²) in [6, 6.07) is 3.26. The van der Waals surface area contributed by atoms with Crippen LogP contribution in [0.1, 0.15) is 27.7 Å². The number of hydrogen-bond acceptors (Lipinski definition) is 3. The molecule has 118 valence electrons. The summed E-state index contributed by atoms with van der Waals surface area (Å²) in [6.07, 6.45) is 0. The molecular weight excluding hydrogens is 420 g/mol. The van der Waals surface area contributed by atoms with E-state index in [-0.39, 0.29) is 21.4 Å². The highest BCUT2D eigenvalue weighted by Crippen LogP contribution is 2.68. The van der Waals surface area contributed by atoms with Crippen LogP contribution in [0.5, 0.6) is 0 Å². The number of hydrogen-bond donors (Lipinski definition) is 2. The largest absolute Gasteiger partial charge is 0.398 e. The highest BCUT2D eigenvalue weighted by Gasteiger charge is 2.64. The van der Waals surface area contributed by atoms with Gasteiger partial charge in [-0.1, -0.05) is 43.6 Å². The fourth-order valence-electron chi connectivity index (χ4n) is 2.97. The van der Waals surface area contributed by atoms with Crippen LogP contribution in [-0.4, -0.2) is 15.0 Å². The normalized spacial score (nSPS) is 20.5. The van der Waals surface area contributed by atoms with E-state index in [0.29, 0.717) is 16.9 Å². The second-order valence-electron chi connectivity index (χ2n) is 6.65. The molecule has 3 N–H and O–H groups in total. The summed E-state index contributed by atoms with van der Waals surface area (Å²) in [5.41, 5.74) is 6.35. The highest BCUT2D eigenvalue weighted by molar-refractivity contribution is 9.11. The first-order valence-corrected chi connectivity index (χ1v) is 9.72. The number of sulfonamides is 1. The van der Waals surface area contributed by atoms with Crippen LogP contribution in [-0.2, 0) is 10.0 Å². The number of anilines is 1. The van der Waals surface area contributed by atoms with Gasteiger partial charge in [-0.25, -0.2) is 13.1 Å². The zero-order valence-electron chi connectivity index (χ0n) is 12.5. The SMILES string of the molecule is CC1(C)C(CNS(=O)(=O)c2c(N)cc(Br)cc2Br)C1(C)C. The van der Waals surface area contributed by atoms with Gasteiger partial charge in [0.1, 0.15) is 4.90 Å². The third-order valence-electron chi connectivity index (χ3n) is 5.10. The monoisotopic (exact) mass is 438 g/mol. The van der Waals surface area contributed by atoms with Gasteiger partial charge in [-0.15, -0.1) is 0 Å². The number of rotatable bonds is 4. The molecule has 0 unspecified atom stereocenters. The number of benzene rings is 1. The Kier molecular flexibility index (Phi) is 4.28. The first-order chi connectivity index (χ1) is 9.41.